The number of fused-ring (bicyclic) bond motifs is 1. The van der Waals surface area contributed by atoms with Gasteiger partial charge in [0.05, 0.1) is 34.7 Å². The lowest BCUT2D eigenvalue weighted by atomic mass is 10.1. The van der Waals surface area contributed by atoms with Gasteiger partial charge in [0.25, 0.3) is 0 Å². The van der Waals surface area contributed by atoms with E-state index in [4.69, 9.17) is 4.74 Å². The maximum Gasteiger partial charge on any atom is 0.339 e. The number of thioether (sulfide) groups is 1. The van der Waals surface area contributed by atoms with Crippen LogP contribution in [0.4, 0.5) is 0 Å². The van der Waals surface area contributed by atoms with Gasteiger partial charge < -0.3 is 9.72 Å². The number of carbonyl (C=O) groups is 2. The van der Waals surface area contributed by atoms with Crippen molar-refractivity contribution in [1.82, 2.24) is 9.97 Å². The highest BCUT2D eigenvalue weighted by Gasteiger charge is 2.22. The van der Waals surface area contributed by atoms with E-state index in [1.807, 2.05) is 36.4 Å². The third-order valence-electron chi connectivity index (χ3n) is 4.03. The number of H-pyrrole nitrogens is 1. The topological polar surface area (TPSA) is 72.1 Å². The molecule has 128 valence electrons. The molecule has 0 aliphatic rings. The third kappa shape index (κ3) is 3.44. The number of methoxy groups -OCH3 is 1. The molecular formula is C19H18N2O3S. The van der Waals surface area contributed by atoms with E-state index in [9.17, 15) is 9.59 Å². The molecule has 25 heavy (non-hydrogen) atoms. The third-order valence-corrected chi connectivity index (χ3v) is 4.96. The first-order valence-electron chi connectivity index (χ1n) is 7.80. The number of hydrogen-bond donors (Lipinski definition) is 1. The molecule has 5 nitrogen and oxygen atoms in total. The quantitative estimate of drug-likeness (QED) is 0.427. The zero-order chi connectivity index (χ0) is 18.0. The van der Waals surface area contributed by atoms with E-state index < -0.39 is 5.97 Å². The summed E-state index contributed by atoms with van der Waals surface area (Å²) in [6, 6.07) is 11.8. The van der Waals surface area contributed by atoms with Crippen LogP contribution in [-0.2, 0) is 4.74 Å². The Morgan fingerprint density at radius 1 is 1.16 bits per heavy atom. The van der Waals surface area contributed by atoms with Crippen molar-refractivity contribution in [3.8, 4) is 0 Å². The van der Waals surface area contributed by atoms with Crippen LogP contribution in [0.1, 0.15) is 32.1 Å². The van der Waals surface area contributed by atoms with Crippen molar-refractivity contribution in [3.63, 3.8) is 0 Å². The van der Waals surface area contributed by atoms with Gasteiger partial charge in [-0.3, -0.25) is 4.79 Å². The Labute approximate surface area is 149 Å². The highest BCUT2D eigenvalue weighted by atomic mass is 32.2. The van der Waals surface area contributed by atoms with Gasteiger partial charge in [0, 0.05) is 11.1 Å². The van der Waals surface area contributed by atoms with Crippen molar-refractivity contribution < 1.29 is 14.3 Å². The summed E-state index contributed by atoms with van der Waals surface area (Å²) in [7, 11) is 1.33. The van der Waals surface area contributed by atoms with Gasteiger partial charge >= 0.3 is 5.97 Å². The van der Waals surface area contributed by atoms with Crippen molar-refractivity contribution in [1.29, 1.82) is 0 Å². The highest BCUT2D eigenvalue weighted by molar-refractivity contribution is 7.99. The molecule has 0 saturated carbocycles. The average Bonchev–Trinajstić information content (AvgIpc) is 2.93. The maximum absolute atomic E-state index is 12.5. The molecule has 0 atom stereocenters. The summed E-state index contributed by atoms with van der Waals surface area (Å²) >= 11 is 1.38. The van der Waals surface area contributed by atoms with Gasteiger partial charge in [0.15, 0.2) is 5.78 Å². The Bertz CT molecular complexity index is 962. The number of aromatic amines is 1. The molecule has 3 rings (SSSR count). The smallest absolute Gasteiger partial charge is 0.339 e. The second kappa shape index (κ2) is 7.11. The minimum absolute atomic E-state index is 0.0734. The molecule has 2 aromatic heterocycles. The molecule has 2 heterocycles. The van der Waals surface area contributed by atoms with Gasteiger partial charge in [-0.05, 0) is 31.5 Å². The van der Waals surface area contributed by atoms with Crippen LogP contribution in [0.15, 0.2) is 41.4 Å². The zero-order valence-corrected chi connectivity index (χ0v) is 15.1. The number of Topliss-reactive ketones (excluding diaryl/α,β-unsaturated/α-hetero) is 1. The number of nitrogens with one attached hydrogen (secondary N) is 1. The second-order valence-corrected chi connectivity index (χ2v) is 6.67. The Balaban J connectivity index is 1.77. The number of ketones is 1. The number of ether oxygens (including phenoxy) is 1. The minimum Gasteiger partial charge on any atom is -0.465 e. The lowest BCUT2D eigenvalue weighted by Gasteiger charge is -2.03. The standard InChI is InChI=1S/C19H18N2O3S/c1-11-17(19(23)24-3)12(2)20-18(11)15(22)10-25-16-9-8-13-6-4-5-7-14(13)21-16/h4-9,20H,10H2,1-3H3. The molecular weight excluding hydrogens is 336 g/mol. The van der Waals surface area contributed by atoms with Crippen LogP contribution >= 0.6 is 11.8 Å². The average molecular weight is 354 g/mol. The fourth-order valence-electron chi connectivity index (χ4n) is 2.78. The number of pyridine rings is 1. The van der Waals surface area contributed by atoms with Crippen LogP contribution in [0.25, 0.3) is 10.9 Å². The maximum atomic E-state index is 12.5. The van der Waals surface area contributed by atoms with Crippen LogP contribution in [0, 0.1) is 13.8 Å². The van der Waals surface area contributed by atoms with E-state index in [2.05, 4.69) is 9.97 Å². The summed E-state index contributed by atoms with van der Waals surface area (Å²) in [5, 5.41) is 1.86. The number of benzene rings is 1. The number of hydrogen-bond acceptors (Lipinski definition) is 5. The summed E-state index contributed by atoms with van der Waals surface area (Å²) in [6.07, 6.45) is 0. The first-order chi connectivity index (χ1) is 12.0. The summed E-state index contributed by atoms with van der Waals surface area (Å²) < 4.78 is 4.78. The van der Waals surface area contributed by atoms with Crippen LogP contribution in [0.2, 0.25) is 0 Å². The summed E-state index contributed by atoms with van der Waals surface area (Å²) in [5.41, 5.74) is 3.05. The molecule has 0 spiro atoms. The first-order valence-corrected chi connectivity index (χ1v) is 8.79. The van der Waals surface area contributed by atoms with Gasteiger partial charge in [-0.1, -0.05) is 36.0 Å². The Kier molecular flexibility index (Phi) is 4.90. The van der Waals surface area contributed by atoms with Crippen LogP contribution < -0.4 is 0 Å². The molecule has 0 unspecified atom stereocenters. The molecule has 0 amide bonds. The van der Waals surface area contributed by atoms with Crippen LogP contribution in [0.5, 0.6) is 0 Å². The van der Waals surface area contributed by atoms with E-state index in [1.54, 1.807) is 13.8 Å². The highest BCUT2D eigenvalue weighted by Crippen LogP contribution is 2.24. The molecule has 0 radical (unpaired) electrons. The number of para-hydroxylation sites is 1. The van der Waals surface area contributed by atoms with Crippen LogP contribution in [-0.4, -0.2) is 34.6 Å². The monoisotopic (exact) mass is 354 g/mol. The zero-order valence-electron chi connectivity index (χ0n) is 14.3. The summed E-state index contributed by atoms with van der Waals surface area (Å²) in [6.45, 7) is 3.51. The molecule has 0 saturated heterocycles. The lowest BCUT2D eigenvalue weighted by molar-refractivity contribution is 0.0599. The Morgan fingerprint density at radius 2 is 1.92 bits per heavy atom. The fourth-order valence-corrected chi connectivity index (χ4v) is 3.53. The van der Waals surface area contributed by atoms with E-state index in [0.717, 1.165) is 15.9 Å². The number of aromatic nitrogens is 2. The van der Waals surface area contributed by atoms with E-state index >= 15 is 0 Å². The van der Waals surface area contributed by atoms with Gasteiger partial charge in [0.2, 0.25) is 0 Å². The van der Waals surface area contributed by atoms with E-state index in [0.29, 0.717) is 22.5 Å². The number of aryl methyl sites for hydroxylation is 1. The first kappa shape index (κ1) is 17.2. The largest absolute Gasteiger partial charge is 0.465 e. The van der Waals surface area contributed by atoms with Gasteiger partial charge in [0.1, 0.15) is 0 Å². The van der Waals surface area contributed by atoms with E-state index in [-0.39, 0.29) is 11.5 Å². The molecule has 0 aliphatic heterocycles. The minimum atomic E-state index is -0.436. The molecule has 0 aliphatic carbocycles. The summed E-state index contributed by atoms with van der Waals surface area (Å²) in [4.78, 5) is 31.9. The number of esters is 1. The Hall–Kier alpha value is -2.60. The van der Waals surface area contributed by atoms with Crippen molar-refractivity contribution >= 4 is 34.4 Å². The van der Waals surface area contributed by atoms with Gasteiger partial charge in [-0.15, -0.1) is 0 Å². The van der Waals surface area contributed by atoms with Crippen molar-refractivity contribution in [2.75, 3.05) is 12.9 Å². The van der Waals surface area contributed by atoms with Crippen molar-refractivity contribution in [2.24, 2.45) is 0 Å². The van der Waals surface area contributed by atoms with E-state index in [1.165, 1.54) is 18.9 Å². The van der Waals surface area contributed by atoms with Gasteiger partial charge in [-0.25, -0.2) is 9.78 Å². The molecule has 3 aromatic rings. The summed E-state index contributed by atoms with van der Waals surface area (Å²) in [5.74, 6) is -0.267. The number of carbonyl (C=O) groups excluding carboxylic acids is 2. The lowest BCUT2D eigenvalue weighted by Crippen LogP contribution is -2.07. The molecule has 0 bridgehead atoms. The molecule has 1 N–H and O–H groups in total. The SMILES string of the molecule is COC(=O)c1c(C)[nH]c(C(=O)CSc2ccc3ccccc3n2)c1C. The number of nitrogens with zero attached hydrogens (tertiary/aromatic N) is 1. The van der Waals surface area contributed by atoms with Crippen LogP contribution in [0.3, 0.4) is 0 Å². The van der Waals surface area contributed by atoms with Gasteiger partial charge in [-0.2, -0.15) is 0 Å². The molecule has 6 heteroatoms. The predicted octanol–water partition coefficient (Wildman–Crippen LogP) is 3.94. The van der Waals surface area contributed by atoms with Crippen molar-refractivity contribution in [2.45, 2.75) is 18.9 Å². The second-order valence-electron chi connectivity index (χ2n) is 5.67. The fraction of sp³-hybridized carbons (Fsp3) is 0.211. The Morgan fingerprint density at radius 3 is 2.68 bits per heavy atom. The normalized spacial score (nSPS) is 10.8. The predicted molar refractivity (Wildman–Crippen MR) is 98.4 cm³/mol. The molecule has 0 fully saturated rings. The van der Waals surface area contributed by atoms with Crippen molar-refractivity contribution in [3.05, 3.63) is 58.9 Å². The number of rotatable bonds is 5. The molecule has 1 aromatic carbocycles.